The zero-order chi connectivity index (χ0) is 17.1. The summed E-state index contributed by atoms with van der Waals surface area (Å²) in [6, 6.07) is 2.51. The van der Waals surface area contributed by atoms with E-state index >= 15 is 0 Å². The minimum Gasteiger partial charge on any atom is -0.378 e. The summed E-state index contributed by atoms with van der Waals surface area (Å²) in [4.78, 5) is 17.7. The smallest absolute Gasteiger partial charge is 0.242 e. The summed E-state index contributed by atoms with van der Waals surface area (Å²) >= 11 is 0. The van der Waals surface area contributed by atoms with Gasteiger partial charge in [0.25, 0.3) is 0 Å². The molecule has 3 aliphatic rings. The summed E-state index contributed by atoms with van der Waals surface area (Å²) < 4.78 is 7.69. The summed E-state index contributed by atoms with van der Waals surface area (Å²) in [5.74, 6) is 0.918. The van der Waals surface area contributed by atoms with E-state index in [-0.39, 0.29) is 6.04 Å². The van der Waals surface area contributed by atoms with E-state index < -0.39 is 0 Å². The largest absolute Gasteiger partial charge is 0.378 e. The van der Waals surface area contributed by atoms with Gasteiger partial charge in [0.1, 0.15) is 6.04 Å². The number of carbonyl (C=O) groups excluding carboxylic acids is 1. The van der Waals surface area contributed by atoms with Gasteiger partial charge in [0, 0.05) is 44.6 Å². The molecule has 25 heavy (non-hydrogen) atoms. The fourth-order valence-electron chi connectivity index (χ4n) is 4.72. The van der Waals surface area contributed by atoms with Crippen molar-refractivity contribution in [1.29, 1.82) is 0 Å². The van der Waals surface area contributed by atoms with Gasteiger partial charge in [0.15, 0.2) is 0 Å². The summed E-state index contributed by atoms with van der Waals surface area (Å²) in [5, 5.41) is 4.30. The molecule has 3 heterocycles. The highest BCUT2D eigenvalue weighted by molar-refractivity contribution is 5.82. The SMILES string of the molecule is O=C(C1COCCN1C1CCCC1)N1CCC(Cn2cccn2)CC1. The summed E-state index contributed by atoms with van der Waals surface area (Å²) in [6.45, 7) is 4.97. The molecule has 6 nitrogen and oxygen atoms in total. The van der Waals surface area contributed by atoms with Crippen LogP contribution in [-0.2, 0) is 16.1 Å². The zero-order valence-corrected chi connectivity index (χ0v) is 15.1. The Morgan fingerprint density at radius 1 is 1.12 bits per heavy atom. The minimum absolute atomic E-state index is 0.0560. The molecular weight excluding hydrogens is 316 g/mol. The van der Waals surface area contributed by atoms with Gasteiger partial charge in [-0.2, -0.15) is 5.10 Å². The Morgan fingerprint density at radius 3 is 2.64 bits per heavy atom. The van der Waals surface area contributed by atoms with Crippen LogP contribution in [-0.4, -0.2) is 70.4 Å². The van der Waals surface area contributed by atoms with Crippen LogP contribution >= 0.6 is 0 Å². The monoisotopic (exact) mass is 346 g/mol. The van der Waals surface area contributed by atoms with Gasteiger partial charge in [-0.1, -0.05) is 12.8 Å². The van der Waals surface area contributed by atoms with Crippen LogP contribution in [0.3, 0.4) is 0 Å². The van der Waals surface area contributed by atoms with E-state index in [9.17, 15) is 4.79 Å². The van der Waals surface area contributed by atoms with E-state index in [0.29, 0.717) is 24.5 Å². The van der Waals surface area contributed by atoms with E-state index in [0.717, 1.165) is 45.6 Å². The van der Waals surface area contributed by atoms with Crippen molar-refractivity contribution >= 4 is 5.91 Å². The average Bonchev–Trinajstić information content (AvgIpc) is 3.36. The summed E-state index contributed by atoms with van der Waals surface area (Å²) in [6.07, 6.45) is 11.1. The van der Waals surface area contributed by atoms with E-state index in [1.807, 2.05) is 23.1 Å². The molecule has 0 spiro atoms. The van der Waals surface area contributed by atoms with Crippen LogP contribution in [0.25, 0.3) is 0 Å². The maximum atomic E-state index is 13.1. The standard InChI is InChI=1S/C19H30N4O2/c24-19(18-15-25-13-12-23(18)17-4-1-2-5-17)21-10-6-16(7-11-21)14-22-9-3-8-20-22/h3,8-9,16-18H,1-2,4-7,10-15H2. The molecule has 1 aromatic rings. The number of ether oxygens (including phenoxy) is 1. The third-order valence-corrected chi connectivity index (χ3v) is 6.18. The van der Waals surface area contributed by atoms with Crippen LogP contribution in [0.2, 0.25) is 0 Å². The Kier molecular flexibility index (Phi) is 5.36. The molecule has 3 fully saturated rings. The quantitative estimate of drug-likeness (QED) is 0.834. The van der Waals surface area contributed by atoms with Crippen molar-refractivity contribution in [3.8, 4) is 0 Å². The molecule has 0 radical (unpaired) electrons. The highest BCUT2D eigenvalue weighted by Crippen LogP contribution is 2.28. The Hall–Kier alpha value is -1.40. The number of likely N-dealkylation sites (tertiary alicyclic amines) is 1. The first-order valence-corrected chi connectivity index (χ1v) is 9.91. The molecule has 1 unspecified atom stereocenters. The second-order valence-corrected chi connectivity index (χ2v) is 7.76. The van der Waals surface area contributed by atoms with E-state index in [1.54, 1.807) is 0 Å². The van der Waals surface area contributed by atoms with E-state index in [1.165, 1.54) is 25.7 Å². The lowest BCUT2D eigenvalue weighted by Crippen LogP contribution is -2.58. The molecule has 0 aromatic carbocycles. The van der Waals surface area contributed by atoms with Crippen LogP contribution in [0.5, 0.6) is 0 Å². The van der Waals surface area contributed by atoms with Gasteiger partial charge in [-0.25, -0.2) is 0 Å². The van der Waals surface area contributed by atoms with Crippen LogP contribution in [0, 0.1) is 5.92 Å². The molecule has 1 aromatic heterocycles. The fraction of sp³-hybridized carbons (Fsp3) is 0.789. The summed E-state index contributed by atoms with van der Waals surface area (Å²) in [7, 11) is 0. The minimum atomic E-state index is -0.0560. The molecule has 1 aliphatic carbocycles. The maximum absolute atomic E-state index is 13.1. The number of hydrogen-bond acceptors (Lipinski definition) is 4. The van der Waals surface area contributed by atoms with Crippen LogP contribution in [0.4, 0.5) is 0 Å². The van der Waals surface area contributed by atoms with Crippen LogP contribution in [0.1, 0.15) is 38.5 Å². The van der Waals surface area contributed by atoms with Gasteiger partial charge in [-0.15, -0.1) is 0 Å². The lowest BCUT2D eigenvalue weighted by Gasteiger charge is -2.42. The number of hydrogen-bond donors (Lipinski definition) is 0. The molecule has 2 aliphatic heterocycles. The van der Waals surface area contributed by atoms with Crippen LogP contribution in [0.15, 0.2) is 18.5 Å². The van der Waals surface area contributed by atoms with Gasteiger partial charge in [0.05, 0.1) is 13.2 Å². The normalized spacial score (nSPS) is 27.0. The third-order valence-electron chi connectivity index (χ3n) is 6.18. The number of piperidine rings is 1. The number of amides is 1. The number of morpholine rings is 1. The lowest BCUT2D eigenvalue weighted by atomic mass is 9.96. The molecule has 6 heteroatoms. The van der Waals surface area contributed by atoms with Crippen molar-refractivity contribution in [3.05, 3.63) is 18.5 Å². The topological polar surface area (TPSA) is 50.6 Å². The molecule has 4 rings (SSSR count). The Balaban J connectivity index is 1.32. The van der Waals surface area contributed by atoms with Gasteiger partial charge < -0.3 is 9.64 Å². The Bertz CT molecular complexity index is 548. The second-order valence-electron chi connectivity index (χ2n) is 7.76. The highest BCUT2D eigenvalue weighted by Gasteiger charge is 2.38. The second kappa shape index (κ2) is 7.87. The van der Waals surface area contributed by atoms with Crippen molar-refractivity contribution in [2.75, 3.05) is 32.8 Å². The van der Waals surface area contributed by atoms with Gasteiger partial charge in [0.2, 0.25) is 5.91 Å². The third kappa shape index (κ3) is 3.90. The molecular formula is C19H30N4O2. The van der Waals surface area contributed by atoms with Crippen molar-refractivity contribution in [1.82, 2.24) is 19.6 Å². The Morgan fingerprint density at radius 2 is 1.92 bits per heavy atom. The molecule has 0 N–H and O–H groups in total. The number of nitrogens with zero attached hydrogens (tertiary/aromatic N) is 4. The number of aromatic nitrogens is 2. The molecule has 2 saturated heterocycles. The predicted molar refractivity (Wildman–Crippen MR) is 95.1 cm³/mol. The number of carbonyl (C=O) groups is 1. The summed E-state index contributed by atoms with van der Waals surface area (Å²) in [5.41, 5.74) is 0. The van der Waals surface area contributed by atoms with Gasteiger partial charge >= 0.3 is 0 Å². The lowest BCUT2D eigenvalue weighted by molar-refractivity contribution is -0.146. The zero-order valence-electron chi connectivity index (χ0n) is 15.1. The molecule has 1 atom stereocenters. The van der Waals surface area contributed by atoms with Gasteiger partial charge in [-0.05, 0) is 37.7 Å². The molecule has 1 saturated carbocycles. The first-order valence-electron chi connectivity index (χ1n) is 9.91. The molecule has 138 valence electrons. The molecule has 0 bridgehead atoms. The first kappa shape index (κ1) is 17.0. The Labute approximate surface area is 150 Å². The highest BCUT2D eigenvalue weighted by atomic mass is 16.5. The predicted octanol–water partition coefficient (Wildman–Crippen LogP) is 1.77. The van der Waals surface area contributed by atoms with Gasteiger partial charge in [-0.3, -0.25) is 14.4 Å². The van der Waals surface area contributed by atoms with Crippen LogP contribution < -0.4 is 0 Å². The van der Waals surface area contributed by atoms with Crippen molar-refractivity contribution in [2.45, 2.75) is 57.2 Å². The van der Waals surface area contributed by atoms with Crippen molar-refractivity contribution in [3.63, 3.8) is 0 Å². The average molecular weight is 346 g/mol. The van der Waals surface area contributed by atoms with Crippen molar-refractivity contribution in [2.24, 2.45) is 5.92 Å². The molecule has 1 amide bonds. The maximum Gasteiger partial charge on any atom is 0.242 e. The first-order chi connectivity index (χ1) is 12.3. The van der Waals surface area contributed by atoms with E-state index in [4.69, 9.17) is 4.74 Å². The fourth-order valence-corrected chi connectivity index (χ4v) is 4.72. The number of rotatable bonds is 4. The van der Waals surface area contributed by atoms with E-state index in [2.05, 4.69) is 14.9 Å². The van der Waals surface area contributed by atoms with Crippen molar-refractivity contribution < 1.29 is 9.53 Å².